The van der Waals surface area contributed by atoms with Gasteiger partial charge < -0.3 is 9.88 Å². The minimum atomic E-state index is -0.182. The second-order valence-corrected chi connectivity index (χ2v) is 5.00. The van der Waals surface area contributed by atoms with Crippen molar-refractivity contribution in [3.05, 3.63) is 47.8 Å². The number of carbonyl (C=O) groups excluding carboxylic acids is 1. The molecule has 2 rings (SSSR count). The van der Waals surface area contributed by atoms with E-state index in [2.05, 4.69) is 20.5 Å². The van der Waals surface area contributed by atoms with Crippen LogP contribution < -0.4 is 5.32 Å². The van der Waals surface area contributed by atoms with Crippen LogP contribution in [-0.4, -0.2) is 25.7 Å². The molecule has 0 aliphatic carbocycles. The number of nitrogens with one attached hydrogen (secondary N) is 1. The second-order valence-electron chi connectivity index (χ2n) is 5.00. The van der Waals surface area contributed by atoms with Crippen molar-refractivity contribution >= 4 is 12.0 Å². The van der Waals surface area contributed by atoms with E-state index < -0.39 is 0 Å². The predicted octanol–water partition coefficient (Wildman–Crippen LogP) is 1.89. The molecule has 0 bridgehead atoms. The van der Waals surface area contributed by atoms with E-state index in [0.29, 0.717) is 6.54 Å². The molecule has 0 unspecified atom stereocenters. The largest absolute Gasteiger partial charge is 0.345 e. The fraction of sp³-hybridized carbons (Fsp3) is 0.333. The topological polar surface area (TPSA) is 72.7 Å². The first kappa shape index (κ1) is 14.9. The highest BCUT2D eigenvalue weighted by atomic mass is 16.1. The van der Waals surface area contributed by atoms with Crippen LogP contribution in [0, 0.1) is 6.92 Å². The Morgan fingerprint density at radius 3 is 3.00 bits per heavy atom. The molecule has 0 atom stereocenters. The number of hydrogen-bond acceptors (Lipinski definition) is 4. The van der Waals surface area contributed by atoms with E-state index in [1.54, 1.807) is 18.6 Å². The molecule has 1 amide bonds. The predicted molar refractivity (Wildman–Crippen MR) is 80.3 cm³/mol. The van der Waals surface area contributed by atoms with Gasteiger partial charge in [0, 0.05) is 18.3 Å². The maximum atomic E-state index is 11.8. The molecule has 0 fully saturated rings. The summed E-state index contributed by atoms with van der Waals surface area (Å²) in [7, 11) is 0. The van der Waals surface area contributed by atoms with E-state index in [9.17, 15) is 4.79 Å². The van der Waals surface area contributed by atoms with Gasteiger partial charge in [0.1, 0.15) is 6.33 Å². The Balaban J connectivity index is 1.93. The highest BCUT2D eigenvalue weighted by Crippen LogP contribution is 2.06. The standard InChI is InChI=1S/C15H19N5O/c1-11(2)20-10-18-19-14(20)9-17-15(21)7-6-13-12(3)5-4-8-16-13/h4-8,10-11H,9H2,1-3H3,(H,17,21). The summed E-state index contributed by atoms with van der Waals surface area (Å²) in [5.41, 5.74) is 1.82. The number of pyridine rings is 1. The third kappa shape index (κ3) is 3.98. The first-order chi connectivity index (χ1) is 10.1. The van der Waals surface area contributed by atoms with Gasteiger partial charge in [0.05, 0.1) is 12.2 Å². The van der Waals surface area contributed by atoms with Gasteiger partial charge in [-0.25, -0.2) is 0 Å². The van der Waals surface area contributed by atoms with Gasteiger partial charge in [0.15, 0.2) is 5.82 Å². The summed E-state index contributed by atoms with van der Waals surface area (Å²) < 4.78 is 1.92. The number of nitrogens with zero attached hydrogens (tertiary/aromatic N) is 4. The Morgan fingerprint density at radius 2 is 2.29 bits per heavy atom. The van der Waals surface area contributed by atoms with Crippen molar-refractivity contribution in [2.75, 3.05) is 0 Å². The molecule has 0 saturated carbocycles. The lowest BCUT2D eigenvalue weighted by molar-refractivity contribution is -0.116. The number of amides is 1. The zero-order chi connectivity index (χ0) is 15.2. The number of aromatic nitrogens is 4. The molecule has 21 heavy (non-hydrogen) atoms. The van der Waals surface area contributed by atoms with E-state index in [0.717, 1.165) is 17.1 Å². The van der Waals surface area contributed by atoms with Crippen molar-refractivity contribution in [2.24, 2.45) is 0 Å². The van der Waals surface area contributed by atoms with Gasteiger partial charge >= 0.3 is 0 Å². The summed E-state index contributed by atoms with van der Waals surface area (Å²) in [4.78, 5) is 16.0. The van der Waals surface area contributed by atoms with Gasteiger partial charge in [-0.15, -0.1) is 10.2 Å². The van der Waals surface area contributed by atoms with Crippen molar-refractivity contribution in [3.8, 4) is 0 Å². The molecule has 110 valence electrons. The third-order valence-corrected chi connectivity index (χ3v) is 3.07. The molecular weight excluding hydrogens is 266 g/mol. The van der Waals surface area contributed by atoms with E-state index in [1.807, 2.05) is 37.5 Å². The molecule has 0 spiro atoms. The summed E-state index contributed by atoms with van der Waals surface area (Å²) >= 11 is 0. The molecule has 2 aromatic heterocycles. The lowest BCUT2D eigenvalue weighted by Crippen LogP contribution is -2.23. The van der Waals surface area contributed by atoms with Crippen LogP contribution in [0.1, 0.15) is 37.0 Å². The van der Waals surface area contributed by atoms with E-state index in [4.69, 9.17) is 0 Å². The molecule has 2 aromatic rings. The lowest BCUT2D eigenvalue weighted by Gasteiger charge is -2.09. The number of carbonyl (C=O) groups is 1. The minimum absolute atomic E-state index is 0.182. The molecule has 0 aromatic carbocycles. The van der Waals surface area contributed by atoms with Crippen LogP contribution >= 0.6 is 0 Å². The van der Waals surface area contributed by atoms with Gasteiger partial charge in [-0.05, 0) is 38.5 Å². The molecule has 2 heterocycles. The Morgan fingerprint density at radius 1 is 1.48 bits per heavy atom. The SMILES string of the molecule is Cc1cccnc1C=CC(=O)NCc1nncn1C(C)C. The molecule has 1 N–H and O–H groups in total. The molecule has 6 nitrogen and oxygen atoms in total. The highest BCUT2D eigenvalue weighted by molar-refractivity contribution is 5.91. The Bertz CT molecular complexity index is 645. The maximum Gasteiger partial charge on any atom is 0.244 e. The quantitative estimate of drug-likeness (QED) is 0.851. The second kappa shape index (κ2) is 6.78. The van der Waals surface area contributed by atoms with E-state index in [-0.39, 0.29) is 11.9 Å². The maximum absolute atomic E-state index is 11.8. The number of hydrogen-bond donors (Lipinski definition) is 1. The van der Waals surface area contributed by atoms with Crippen molar-refractivity contribution < 1.29 is 4.79 Å². The van der Waals surface area contributed by atoms with Crippen molar-refractivity contribution in [2.45, 2.75) is 33.4 Å². The van der Waals surface area contributed by atoms with Crippen LogP contribution in [0.4, 0.5) is 0 Å². The molecule has 6 heteroatoms. The van der Waals surface area contributed by atoms with Crippen LogP contribution in [0.25, 0.3) is 6.08 Å². The Hall–Kier alpha value is -2.50. The van der Waals surface area contributed by atoms with Crippen molar-refractivity contribution in [1.82, 2.24) is 25.1 Å². The van der Waals surface area contributed by atoms with E-state index in [1.165, 1.54) is 6.08 Å². The van der Waals surface area contributed by atoms with E-state index >= 15 is 0 Å². The van der Waals surface area contributed by atoms with Crippen LogP contribution in [0.3, 0.4) is 0 Å². The average molecular weight is 285 g/mol. The normalized spacial score (nSPS) is 11.2. The highest BCUT2D eigenvalue weighted by Gasteiger charge is 2.07. The monoisotopic (exact) mass is 285 g/mol. The third-order valence-electron chi connectivity index (χ3n) is 3.07. The van der Waals surface area contributed by atoms with Crippen molar-refractivity contribution in [3.63, 3.8) is 0 Å². The van der Waals surface area contributed by atoms with Gasteiger partial charge in [0.25, 0.3) is 0 Å². The summed E-state index contributed by atoms with van der Waals surface area (Å²) in [6.45, 7) is 6.38. The zero-order valence-electron chi connectivity index (χ0n) is 12.4. The Kier molecular flexibility index (Phi) is 4.81. The summed E-state index contributed by atoms with van der Waals surface area (Å²) in [6, 6.07) is 4.08. The zero-order valence-corrected chi connectivity index (χ0v) is 12.4. The molecule has 0 saturated heterocycles. The average Bonchev–Trinajstić information content (AvgIpc) is 2.93. The summed E-state index contributed by atoms with van der Waals surface area (Å²) in [6.07, 6.45) is 6.55. The molecule has 0 aliphatic rings. The minimum Gasteiger partial charge on any atom is -0.345 e. The first-order valence-electron chi connectivity index (χ1n) is 6.84. The van der Waals surface area contributed by atoms with Crippen LogP contribution in [0.5, 0.6) is 0 Å². The first-order valence-corrected chi connectivity index (χ1v) is 6.84. The van der Waals surface area contributed by atoms with Crippen LogP contribution in [-0.2, 0) is 11.3 Å². The summed E-state index contributed by atoms with van der Waals surface area (Å²) in [5, 5.41) is 10.7. The molecule has 0 aliphatic heterocycles. The van der Waals surface area contributed by atoms with Gasteiger partial charge in [-0.3, -0.25) is 9.78 Å². The number of aryl methyl sites for hydroxylation is 1. The molecule has 0 radical (unpaired) electrons. The molecular formula is C15H19N5O. The van der Waals surface area contributed by atoms with Crippen LogP contribution in [0.15, 0.2) is 30.7 Å². The van der Waals surface area contributed by atoms with Crippen LogP contribution in [0.2, 0.25) is 0 Å². The van der Waals surface area contributed by atoms with Gasteiger partial charge in [-0.2, -0.15) is 0 Å². The smallest absolute Gasteiger partial charge is 0.244 e. The Labute approximate surface area is 123 Å². The van der Waals surface area contributed by atoms with Gasteiger partial charge in [0.2, 0.25) is 5.91 Å². The fourth-order valence-electron chi connectivity index (χ4n) is 1.88. The lowest BCUT2D eigenvalue weighted by atomic mass is 10.2. The van der Waals surface area contributed by atoms with Gasteiger partial charge in [-0.1, -0.05) is 6.07 Å². The summed E-state index contributed by atoms with van der Waals surface area (Å²) in [5.74, 6) is 0.555. The fourth-order valence-corrected chi connectivity index (χ4v) is 1.88. The number of rotatable bonds is 5. The van der Waals surface area contributed by atoms with Crippen molar-refractivity contribution in [1.29, 1.82) is 0 Å².